The fourth-order valence-corrected chi connectivity index (χ4v) is 2.83. The third kappa shape index (κ3) is 4.28. The third-order valence-corrected chi connectivity index (χ3v) is 4.30. The largest absolute Gasteiger partial charge is 0.350 e. The maximum atomic E-state index is 11.9. The Balaban J connectivity index is 1.46. The van der Waals surface area contributed by atoms with Crippen LogP contribution in [0.3, 0.4) is 0 Å². The molecule has 124 valence electrons. The van der Waals surface area contributed by atoms with E-state index in [2.05, 4.69) is 10.3 Å². The van der Waals surface area contributed by atoms with Gasteiger partial charge in [0.05, 0.1) is 12.2 Å². The molecule has 0 aliphatic heterocycles. The Hall–Kier alpha value is -2.04. The number of rotatable bonds is 6. The van der Waals surface area contributed by atoms with E-state index in [1.165, 1.54) is 5.56 Å². The van der Waals surface area contributed by atoms with Gasteiger partial charge >= 0.3 is 0 Å². The molecular weight excluding hydrogens is 345 g/mol. The highest BCUT2D eigenvalue weighted by Crippen LogP contribution is 2.14. The number of nitrogens with one attached hydrogen (secondary N) is 1. The van der Waals surface area contributed by atoms with Crippen LogP contribution < -0.4 is 5.32 Å². The fraction of sp³-hybridized carbons (Fsp3) is 0.222. The van der Waals surface area contributed by atoms with Gasteiger partial charge in [0.1, 0.15) is 10.8 Å². The average molecular weight is 362 g/mol. The van der Waals surface area contributed by atoms with E-state index in [1.807, 2.05) is 42.6 Å². The van der Waals surface area contributed by atoms with Crippen molar-refractivity contribution >= 4 is 34.8 Å². The molecule has 4 nitrogen and oxygen atoms in total. The minimum Gasteiger partial charge on any atom is -0.350 e. The first kappa shape index (κ1) is 16.8. The highest BCUT2D eigenvalue weighted by atomic mass is 35.5. The van der Waals surface area contributed by atoms with Crippen LogP contribution in [0.4, 0.5) is 0 Å². The van der Waals surface area contributed by atoms with Crippen molar-refractivity contribution in [3.63, 3.8) is 0 Å². The number of nitrogens with zero attached hydrogens (tertiary/aromatic N) is 2. The molecular formula is C18H17Cl2N3O. The van der Waals surface area contributed by atoms with E-state index in [0.717, 1.165) is 29.2 Å². The van der Waals surface area contributed by atoms with Gasteiger partial charge in [0, 0.05) is 17.6 Å². The summed E-state index contributed by atoms with van der Waals surface area (Å²) in [6.07, 6.45) is 3.97. The van der Waals surface area contributed by atoms with Crippen LogP contribution in [-0.2, 0) is 17.8 Å². The molecule has 6 heteroatoms. The molecule has 0 saturated heterocycles. The summed E-state index contributed by atoms with van der Waals surface area (Å²) >= 11 is 12.0. The third-order valence-electron chi connectivity index (χ3n) is 3.74. The minimum atomic E-state index is 0.0205. The molecule has 0 spiro atoms. The number of hydrogen-bond acceptors (Lipinski definition) is 2. The van der Waals surface area contributed by atoms with Crippen molar-refractivity contribution in [2.24, 2.45) is 0 Å². The number of aromatic nitrogens is 2. The quantitative estimate of drug-likeness (QED) is 0.666. The molecule has 1 aromatic carbocycles. The smallest absolute Gasteiger partial charge is 0.220 e. The molecule has 1 amide bonds. The zero-order chi connectivity index (χ0) is 16.9. The summed E-state index contributed by atoms with van der Waals surface area (Å²) < 4.78 is 1.80. The molecule has 0 unspecified atom stereocenters. The van der Waals surface area contributed by atoms with Crippen LogP contribution in [0.2, 0.25) is 10.2 Å². The number of amides is 1. The topological polar surface area (TPSA) is 46.4 Å². The molecule has 24 heavy (non-hydrogen) atoms. The minimum absolute atomic E-state index is 0.0205. The first-order chi connectivity index (χ1) is 11.6. The van der Waals surface area contributed by atoms with Crippen molar-refractivity contribution in [3.8, 4) is 0 Å². The maximum Gasteiger partial charge on any atom is 0.220 e. The van der Waals surface area contributed by atoms with E-state index in [0.29, 0.717) is 18.1 Å². The van der Waals surface area contributed by atoms with Crippen molar-refractivity contribution in [2.45, 2.75) is 25.8 Å². The second kappa shape index (κ2) is 7.69. The summed E-state index contributed by atoms with van der Waals surface area (Å²) in [4.78, 5) is 16.4. The number of fused-ring (bicyclic) bond motifs is 1. The van der Waals surface area contributed by atoms with Gasteiger partial charge in [0.15, 0.2) is 0 Å². The Morgan fingerprint density at radius 3 is 2.67 bits per heavy atom. The molecule has 0 atom stereocenters. The van der Waals surface area contributed by atoms with E-state index < -0.39 is 0 Å². The summed E-state index contributed by atoms with van der Waals surface area (Å²) in [7, 11) is 0. The fourth-order valence-electron chi connectivity index (χ4n) is 2.49. The number of carbonyl (C=O) groups excluding carboxylic acids is 1. The predicted octanol–water partition coefficient (Wildman–Crippen LogP) is 4.28. The van der Waals surface area contributed by atoms with Crippen molar-refractivity contribution in [1.29, 1.82) is 0 Å². The van der Waals surface area contributed by atoms with Crippen LogP contribution in [0.15, 0.2) is 48.7 Å². The van der Waals surface area contributed by atoms with Gasteiger partial charge in [-0.15, -0.1) is 0 Å². The van der Waals surface area contributed by atoms with E-state index in [9.17, 15) is 4.79 Å². The van der Waals surface area contributed by atoms with Crippen molar-refractivity contribution in [1.82, 2.24) is 14.7 Å². The lowest BCUT2D eigenvalue weighted by atomic mass is 10.1. The molecule has 0 fully saturated rings. The van der Waals surface area contributed by atoms with Gasteiger partial charge in [-0.1, -0.05) is 41.4 Å². The number of pyridine rings is 1. The van der Waals surface area contributed by atoms with Crippen molar-refractivity contribution < 1.29 is 4.79 Å². The first-order valence-corrected chi connectivity index (χ1v) is 8.51. The maximum absolute atomic E-state index is 11.9. The predicted molar refractivity (Wildman–Crippen MR) is 96.4 cm³/mol. The highest BCUT2D eigenvalue weighted by molar-refractivity contribution is 6.30. The zero-order valence-corrected chi connectivity index (χ0v) is 14.5. The number of aryl methyl sites for hydroxylation is 1. The van der Waals surface area contributed by atoms with E-state index >= 15 is 0 Å². The van der Waals surface area contributed by atoms with Gasteiger partial charge in [-0.25, -0.2) is 4.98 Å². The number of benzene rings is 1. The molecule has 0 radical (unpaired) electrons. The number of halogens is 2. The van der Waals surface area contributed by atoms with Crippen LogP contribution in [0.25, 0.3) is 5.65 Å². The Labute approximate surface area is 150 Å². The first-order valence-electron chi connectivity index (χ1n) is 7.75. The average Bonchev–Trinajstić information content (AvgIpc) is 2.99. The second-order valence-electron chi connectivity index (χ2n) is 5.57. The number of hydrogen-bond donors (Lipinski definition) is 1. The standard InChI is InChI=1S/C18H17Cl2N3O/c19-14-9-7-13(8-10-14)3-1-6-18(24)21-11-15-12-23-16(20)4-2-5-17(23)22-15/h2,4-5,7-10,12H,1,3,6,11H2,(H,21,24). The summed E-state index contributed by atoms with van der Waals surface area (Å²) in [5.74, 6) is 0.0205. The Morgan fingerprint density at radius 1 is 1.12 bits per heavy atom. The Morgan fingerprint density at radius 2 is 1.92 bits per heavy atom. The van der Waals surface area contributed by atoms with Gasteiger partial charge in [-0.3, -0.25) is 9.20 Å². The van der Waals surface area contributed by atoms with E-state index in [4.69, 9.17) is 23.2 Å². The monoisotopic (exact) mass is 361 g/mol. The summed E-state index contributed by atoms with van der Waals surface area (Å²) in [6, 6.07) is 13.2. The van der Waals surface area contributed by atoms with Crippen LogP contribution in [0, 0.1) is 0 Å². The molecule has 1 N–H and O–H groups in total. The van der Waals surface area contributed by atoms with Gasteiger partial charge < -0.3 is 5.32 Å². The Kier molecular flexibility index (Phi) is 5.38. The van der Waals surface area contributed by atoms with Crippen LogP contribution >= 0.6 is 23.2 Å². The molecule has 3 rings (SSSR count). The van der Waals surface area contributed by atoms with E-state index in [-0.39, 0.29) is 5.91 Å². The van der Waals surface area contributed by atoms with Gasteiger partial charge in [0.25, 0.3) is 0 Å². The second-order valence-corrected chi connectivity index (χ2v) is 6.39. The molecule has 0 saturated carbocycles. The molecule has 0 bridgehead atoms. The van der Waals surface area contributed by atoms with Gasteiger partial charge in [-0.2, -0.15) is 0 Å². The summed E-state index contributed by atoms with van der Waals surface area (Å²) in [5.41, 5.74) is 2.74. The van der Waals surface area contributed by atoms with Crippen molar-refractivity contribution in [2.75, 3.05) is 0 Å². The lowest BCUT2D eigenvalue weighted by Crippen LogP contribution is -2.22. The molecule has 2 heterocycles. The van der Waals surface area contributed by atoms with Crippen molar-refractivity contribution in [3.05, 3.63) is 70.1 Å². The van der Waals surface area contributed by atoms with Gasteiger partial charge in [0.2, 0.25) is 5.91 Å². The lowest BCUT2D eigenvalue weighted by Gasteiger charge is -2.04. The summed E-state index contributed by atoms with van der Waals surface area (Å²) in [5, 5.41) is 4.22. The van der Waals surface area contributed by atoms with Crippen LogP contribution in [0.1, 0.15) is 24.1 Å². The summed E-state index contributed by atoms with van der Waals surface area (Å²) in [6.45, 7) is 0.401. The number of carbonyl (C=O) groups is 1. The zero-order valence-electron chi connectivity index (χ0n) is 13.0. The molecule has 0 aliphatic carbocycles. The SMILES string of the molecule is O=C(CCCc1ccc(Cl)cc1)NCc1cn2c(Cl)cccc2n1. The molecule has 0 aliphatic rings. The van der Waals surface area contributed by atoms with Crippen LogP contribution in [-0.4, -0.2) is 15.3 Å². The normalized spacial score (nSPS) is 10.9. The Bertz CT molecular complexity index is 843. The van der Waals surface area contributed by atoms with Crippen LogP contribution in [0.5, 0.6) is 0 Å². The molecule has 2 aromatic heterocycles. The van der Waals surface area contributed by atoms with E-state index in [1.54, 1.807) is 10.5 Å². The highest BCUT2D eigenvalue weighted by Gasteiger charge is 2.06. The lowest BCUT2D eigenvalue weighted by molar-refractivity contribution is -0.121. The number of imidazole rings is 1. The molecule has 3 aromatic rings. The van der Waals surface area contributed by atoms with Gasteiger partial charge in [-0.05, 0) is 42.7 Å².